The normalized spacial score (nSPS) is 11.7. The molecule has 0 spiro atoms. The van der Waals surface area contributed by atoms with Gasteiger partial charge in [-0.1, -0.05) is 23.9 Å². The Balaban J connectivity index is 1.70. The van der Waals surface area contributed by atoms with Gasteiger partial charge in [-0.25, -0.2) is 0 Å². The fraction of sp³-hybridized carbons (Fsp3) is 0.211. The average Bonchev–Trinajstić information content (AvgIpc) is 3.16. The summed E-state index contributed by atoms with van der Waals surface area (Å²) in [5.74, 6) is 0.457. The molecule has 0 bridgehead atoms. The van der Waals surface area contributed by atoms with Crippen LogP contribution in [0.2, 0.25) is 0 Å². The summed E-state index contributed by atoms with van der Waals surface area (Å²) in [6, 6.07) is 14.1. The number of hydrogen-bond donors (Lipinski definition) is 1. The van der Waals surface area contributed by atoms with Gasteiger partial charge in [0.15, 0.2) is 5.78 Å². The number of carbonyl (C=O) groups is 2. The van der Waals surface area contributed by atoms with E-state index in [1.807, 2.05) is 24.3 Å². The number of carbonyl (C=O) groups excluding carboxylic acids is 2. The van der Waals surface area contributed by atoms with E-state index in [2.05, 4.69) is 20.8 Å². The zero-order valence-electron chi connectivity index (χ0n) is 15.6. The van der Waals surface area contributed by atoms with Gasteiger partial charge in [-0.05, 0) is 60.7 Å². The van der Waals surface area contributed by atoms with Crippen LogP contribution in [0.3, 0.4) is 0 Å². The summed E-state index contributed by atoms with van der Waals surface area (Å²) in [5, 5.41) is 14.6. The second-order valence-corrected chi connectivity index (χ2v) is 7.27. The van der Waals surface area contributed by atoms with E-state index < -0.39 is 5.25 Å². The number of nitrogens with zero attached hydrogens (tertiary/aromatic N) is 4. The largest absolute Gasteiger partial charge is 0.497 e. The number of anilines is 1. The maximum absolute atomic E-state index is 12.5. The number of methoxy groups -OCH3 is 1. The molecule has 0 aliphatic carbocycles. The topological polar surface area (TPSA) is 99.0 Å². The number of nitrogens with one attached hydrogen (secondary N) is 1. The smallest absolute Gasteiger partial charge is 0.237 e. The summed E-state index contributed by atoms with van der Waals surface area (Å²) in [6.45, 7) is 3.25. The molecule has 1 unspecified atom stereocenters. The van der Waals surface area contributed by atoms with E-state index >= 15 is 0 Å². The van der Waals surface area contributed by atoms with Crippen LogP contribution in [-0.4, -0.2) is 44.3 Å². The van der Waals surface area contributed by atoms with Crippen LogP contribution in [-0.2, 0) is 4.79 Å². The molecule has 1 amide bonds. The summed E-state index contributed by atoms with van der Waals surface area (Å²) in [5.41, 5.74) is 1.87. The predicted molar refractivity (Wildman–Crippen MR) is 106 cm³/mol. The maximum atomic E-state index is 12.5. The predicted octanol–water partition coefficient (Wildman–Crippen LogP) is 2.99. The molecule has 1 aromatic heterocycles. The zero-order valence-corrected chi connectivity index (χ0v) is 16.4. The number of thioether (sulfide) groups is 1. The number of rotatable bonds is 7. The first kappa shape index (κ1) is 19.6. The quantitative estimate of drug-likeness (QED) is 0.483. The van der Waals surface area contributed by atoms with Gasteiger partial charge < -0.3 is 10.1 Å². The number of Topliss-reactive ketones (excluding diaryl/α,β-unsaturated/α-hetero) is 1. The van der Waals surface area contributed by atoms with Crippen LogP contribution in [0.25, 0.3) is 5.69 Å². The minimum Gasteiger partial charge on any atom is -0.497 e. The van der Waals surface area contributed by atoms with Crippen molar-refractivity contribution in [2.75, 3.05) is 12.4 Å². The molecule has 0 fully saturated rings. The van der Waals surface area contributed by atoms with Crippen molar-refractivity contribution in [2.45, 2.75) is 24.3 Å². The highest BCUT2D eigenvalue weighted by molar-refractivity contribution is 8.00. The van der Waals surface area contributed by atoms with Crippen LogP contribution in [0.4, 0.5) is 5.69 Å². The Hall–Kier alpha value is -3.20. The summed E-state index contributed by atoms with van der Waals surface area (Å²) in [4.78, 5) is 24.0. The van der Waals surface area contributed by atoms with E-state index in [1.54, 1.807) is 43.0 Å². The Morgan fingerprint density at radius 1 is 1.18 bits per heavy atom. The Kier molecular flexibility index (Phi) is 6.05. The second-order valence-electron chi connectivity index (χ2n) is 5.96. The van der Waals surface area contributed by atoms with Crippen LogP contribution in [0.1, 0.15) is 24.2 Å². The lowest BCUT2D eigenvalue weighted by atomic mass is 10.1. The monoisotopic (exact) mass is 397 g/mol. The lowest BCUT2D eigenvalue weighted by Gasteiger charge is -2.12. The molecule has 0 aliphatic heterocycles. The standard InChI is InChI=1S/C19H19N5O3S/c1-12(25)14-5-4-6-15(11-14)20-18(26)13(2)28-19-21-22-23-24(19)16-7-9-17(27-3)10-8-16/h4-11,13H,1-3H3,(H,20,26). The summed E-state index contributed by atoms with van der Waals surface area (Å²) >= 11 is 1.24. The Morgan fingerprint density at radius 3 is 2.61 bits per heavy atom. The highest BCUT2D eigenvalue weighted by atomic mass is 32.2. The lowest BCUT2D eigenvalue weighted by molar-refractivity contribution is -0.115. The number of benzene rings is 2. The first-order valence-corrected chi connectivity index (χ1v) is 9.37. The maximum Gasteiger partial charge on any atom is 0.237 e. The molecule has 0 saturated carbocycles. The molecular formula is C19H19N5O3S. The van der Waals surface area contributed by atoms with Crippen molar-refractivity contribution < 1.29 is 14.3 Å². The van der Waals surface area contributed by atoms with Crippen molar-refractivity contribution in [1.29, 1.82) is 0 Å². The Labute approximate surface area is 166 Å². The van der Waals surface area contributed by atoms with Gasteiger partial charge in [0.1, 0.15) is 5.75 Å². The van der Waals surface area contributed by atoms with E-state index in [9.17, 15) is 9.59 Å². The third-order valence-corrected chi connectivity index (χ3v) is 4.98. The van der Waals surface area contributed by atoms with Gasteiger partial charge in [-0.2, -0.15) is 4.68 Å². The molecule has 1 N–H and O–H groups in total. The van der Waals surface area contributed by atoms with Crippen molar-refractivity contribution in [1.82, 2.24) is 20.2 Å². The highest BCUT2D eigenvalue weighted by Crippen LogP contribution is 2.25. The molecule has 144 valence electrons. The molecule has 2 aromatic carbocycles. The van der Waals surface area contributed by atoms with Gasteiger partial charge in [0, 0.05) is 11.3 Å². The number of aromatic nitrogens is 4. The van der Waals surface area contributed by atoms with Gasteiger partial charge in [-0.15, -0.1) is 5.10 Å². The van der Waals surface area contributed by atoms with Crippen LogP contribution in [0, 0.1) is 0 Å². The van der Waals surface area contributed by atoms with Gasteiger partial charge >= 0.3 is 0 Å². The van der Waals surface area contributed by atoms with Gasteiger partial charge in [0.25, 0.3) is 0 Å². The molecule has 0 radical (unpaired) electrons. The van der Waals surface area contributed by atoms with Crippen LogP contribution >= 0.6 is 11.8 Å². The van der Waals surface area contributed by atoms with Gasteiger partial charge in [0.05, 0.1) is 18.0 Å². The first-order chi connectivity index (χ1) is 13.5. The number of ketones is 1. The van der Waals surface area contributed by atoms with Crippen molar-refractivity contribution in [3.05, 3.63) is 54.1 Å². The van der Waals surface area contributed by atoms with Crippen LogP contribution < -0.4 is 10.1 Å². The molecule has 0 saturated heterocycles. The molecule has 28 heavy (non-hydrogen) atoms. The minimum absolute atomic E-state index is 0.0582. The van der Waals surface area contributed by atoms with Crippen molar-refractivity contribution >= 4 is 29.1 Å². The Morgan fingerprint density at radius 2 is 1.93 bits per heavy atom. The lowest BCUT2D eigenvalue weighted by Crippen LogP contribution is -2.23. The van der Waals surface area contributed by atoms with E-state index in [1.165, 1.54) is 18.7 Å². The second kappa shape index (κ2) is 8.66. The minimum atomic E-state index is -0.455. The van der Waals surface area contributed by atoms with E-state index in [4.69, 9.17) is 4.74 Å². The molecular weight excluding hydrogens is 378 g/mol. The average molecular weight is 397 g/mol. The third-order valence-electron chi connectivity index (χ3n) is 3.95. The molecule has 0 aliphatic rings. The van der Waals surface area contributed by atoms with E-state index in [0.29, 0.717) is 16.4 Å². The van der Waals surface area contributed by atoms with Gasteiger partial charge in [0.2, 0.25) is 11.1 Å². The SMILES string of the molecule is COc1ccc(-n2nnnc2SC(C)C(=O)Nc2cccc(C(C)=O)c2)cc1. The van der Waals surface area contributed by atoms with Crippen LogP contribution in [0.5, 0.6) is 5.75 Å². The number of hydrogen-bond acceptors (Lipinski definition) is 7. The first-order valence-electron chi connectivity index (χ1n) is 8.49. The molecule has 9 heteroatoms. The fourth-order valence-corrected chi connectivity index (χ4v) is 3.22. The molecule has 1 heterocycles. The Bertz CT molecular complexity index is 987. The van der Waals surface area contributed by atoms with Gasteiger partial charge in [-0.3, -0.25) is 9.59 Å². The molecule has 8 nitrogen and oxygen atoms in total. The van der Waals surface area contributed by atoms with Crippen molar-refractivity contribution in [2.24, 2.45) is 0 Å². The molecule has 3 aromatic rings. The van der Waals surface area contributed by atoms with Crippen molar-refractivity contribution in [3.63, 3.8) is 0 Å². The number of tetrazole rings is 1. The molecule has 1 atom stereocenters. The zero-order chi connectivity index (χ0) is 20.1. The summed E-state index contributed by atoms with van der Waals surface area (Å²) < 4.78 is 6.71. The summed E-state index contributed by atoms with van der Waals surface area (Å²) in [6.07, 6.45) is 0. The van der Waals surface area contributed by atoms with Crippen molar-refractivity contribution in [3.8, 4) is 11.4 Å². The highest BCUT2D eigenvalue weighted by Gasteiger charge is 2.19. The summed E-state index contributed by atoms with van der Waals surface area (Å²) in [7, 11) is 1.60. The fourth-order valence-electron chi connectivity index (χ4n) is 2.41. The number of ether oxygens (including phenoxy) is 1. The third kappa shape index (κ3) is 4.55. The molecule has 3 rings (SSSR count). The van der Waals surface area contributed by atoms with E-state index in [0.717, 1.165) is 11.4 Å². The van der Waals surface area contributed by atoms with Crippen LogP contribution in [0.15, 0.2) is 53.7 Å². The number of amides is 1. The van der Waals surface area contributed by atoms with E-state index in [-0.39, 0.29) is 11.7 Å².